The number of hydrogen-bond donors (Lipinski definition) is 11. The zero-order valence-corrected chi connectivity index (χ0v) is 33.5. The first kappa shape index (κ1) is 43.1. The average Bonchev–Trinajstić information content (AvgIpc) is 3.67. The zero-order chi connectivity index (χ0) is 45.5. The fraction of sp³-hybridized carbons (Fsp3) is 0.174. The van der Waals surface area contributed by atoms with Crippen molar-refractivity contribution in [1.29, 1.82) is 0 Å². The van der Waals surface area contributed by atoms with Crippen LogP contribution < -0.4 is 21.3 Å². The zero-order valence-electron chi connectivity index (χ0n) is 33.5. The molecule has 0 saturated heterocycles. The Bertz CT molecular complexity index is 2790. The second-order valence-corrected chi connectivity index (χ2v) is 15.3. The minimum Gasteiger partial charge on any atom is -0.508 e. The second kappa shape index (κ2) is 16.4. The summed E-state index contributed by atoms with van der Waals surface area (Å²) in [5.74, 6) is -7.81. The summed E-state index contributed by atoms with van der Waals surface area (Å²) in [5.41, 5.74) is -5.57. The van der Waals surface area contributed by atoms with Crippen LogP contribution in [-0.2, 0) is 30.3 Å². The monoisotopic (exact) mass is 856 g/mol. The maximum atomic E-state index is 14.6. The van der Waals surface area contributed by atoms with Crippen LogP contribution >= 0.6 is 0 Å². The highest BCUT2D eigenvalue weighted by Crippen LogP contribution is 2.48. The summed E-state index contributed by atoms with van der Waals surface area (Å²) < 4.78 is 0. The second-order valence-electron chi connectivity index (χ2n) is 15.3. The van der Waals surface area contributed by atoms with E-state index in [-0.39, 0.29) is 74.7 Å². The van der Waals surface area contributed by atoms with Gasteiger partial charge in [0.05, 0.1) is 40.4 Å². The van der Waals surface area contributed by atoms with Crippen molar-refractivity contribution in [1.82, 2.24) is 0 Å². The molecule has 2 aliphatic heterocycles. The minimum atomic E-state index is -2.43. The predicted octanol–water partition coefficient (Wildman–Crippen LogP) is 5.42. The molecule has 17 heteroatoms. The lowest BCUT2D eigenvalue weighted by Gasteiger charge is -2.30. The van der Waals surface area contributed by atoms with Gasteiger partial charge in [-0.1, -0.05) is 47.6 Å². The third-order valence-electron chi connectivity index (χ3n) is 11.0. The fourth-order valence-electron chi connectivity index (χ4n) is 8.00. The lowest BCUT2D eigenvalue weighted by atomic mass is 9.80. The Labute approximate surface area is 358 Å². The van der Waals surface area contributed by atoms with Crippen molar-refractivity contribution in [3.8, 4) is 17.2 Å². The summed E-state index contributed by atoms with van der Waals surface area (Å²) in [4.78, 5) is 81.8. The first-order chi connectivity index (χ1) is 29.8. The van der Waals surface area contributed by atoms with Crippen LogP contribution in [0.5, 0.6) is 17.2 Å². The van der Waals surface area contributed by atoms with Crippen molar-refractivity contribution < 1.29 is 64.5 Å². The molecule has 17 nitrogen and oxygen atoms in total. The third kappa shape index (κ3) is 7.77. The van der Waals surface area contributed by atoms with Gasteiger partial charge in [-0.3, -0.25) is 19.2 Å². The lowest BCUT2D eigenvalue weighted by molar-refractivity contribution is -0.130. The largest absolute Gasteiger partial charge is 0.508 e. The van der Waals surface area contributed by atoms with Crippen molar-refractivity contribution in [3.63, 3.8) is 0 Å². The van der Waals surface area contributed by atoms with Gasteiger partial charge in [0.1, 0.15) is 17.2 Å². The summed E-state index contributed by atoms with van der Waals surface area (Å²) in [5, 5.41) is 86.0. The van der Waals surface area contributed by atoms with Crippen LogP contribution in [0.4, 0.5) is 22.7 Å². The van der Waals surface area contributed by atoms with Gasteiger partial charge in [-0.05, 0) is 86.4 Å². The smallest absolute Gasteiger partial charge is 0.337 e. The first-order valence-corrected chi connectivity index (χ1v) is 19.3. The molecular formula is C46H40N4O13. The van der Waals surface area contributed by atoms with Crippen LogP contribution in [-0.4, -0.2) is 71.1 Å². The van der Waals surface area contributed by atoms with Crippen molar-refractivity contribution in [2.45, 2.75) is 50.0 Å². The number of phenols is 3. The van der Waals surface area contributed by atoms with Crippen LogP contribution in [0.2, 0.25) is 0 Å². The summed E-state index contributed by atoms with van der Waals surface area (Å²) in [6, 6.07) is 13.4. The van der Waals surface area contributed by atoms with Gasteiger partial charge >= 0.3 is 11.9 Å². The number of rotatable bonds is 6. The predicted molar refractivity (Wildman–Crippen MR) is 228 cm³/mol. The molecule has 11 N–H and O–H groups in total. The minimum absolute atomic E-state index is 0.0454. The molecule has 0 spiro atoms. The van der Waals surface area contributed by atoms with E-state index in [1.54, 1.807) is 13.8 Å². The molecule has 3 aliphatic rings. The summed E-state index contributed by atoms with van der Waals surface area (Å²) in [6.07, 6.45) is 4.14. The number of nitrogens with one attached hydrogen (secondary N) is 4. The van der Waals surface area contributed by atoms with Gasteiger partial charge in [0, 0.05) is 35.0 Å². The van der Waals surface area contributed by atoms with Gasteiger partial charge in [0.2, 0.25) is 11.1 Å². The van der Waals surface area contributed by atoms with E-state index in [0.717, 1.165) is 42.5 Å². The molecule has 7 rings (SSSR count). The normalized spacial score (nSPS) is 22.2. The van der Waals surface area contributed by atoms with Crippen LogP contribution in [0.3, 0.4) is 0 Å². The van der Waals surface area contributed by atoms with Gasteiger partial charge in [-0.2, -0.15) is 0 Å². The van der Waals surface area contributed by atoms with Crippen molar-refractivity contribution >= 4 is 58.1 Å². The summed E-state index contributed by atoms with van der Waals surface area (Å²) in [6.45, 7) is 3.12. The van der Waals surface area contributed by atoms with Crippen molar-refractivity contribution in [2.75, 3.05) is 21.3 Å². The number of aliphatic hydroxyl groups is 2. The molecule has 322 valence electrons. The molecule has 0 bridgehead atoms. The maximum absolute atomic E-state index is 14.6. The van der Waals surface area contributed by atoms with E-state index in [2.05, 4.69) is 21.3 Å². The number of aromatic hydroxyl groups is 3. The van der Waals surface area contributed by atoms with Gasteiger partial charge < -0.3 is 57.0 Å². The Morgan fingerprint density at radius 3 is 1.59 bits per heavy atom. The topological polar surface area (TPSA) is 292 Å². The van der Waals surface area contributed by atoms with E-state index in [0.29, 0.717) is 11.1 Å². The molecule has 0 aromatic heterocycles. The van der Waals surface area contributed by atoms with Crippen LogP contribution in [0, 0.1) is 0 Å². The Balaban J connectivity index is 1.41. The molecule has 1 aliphatic carbocycles. The molecule has 4 atom stereocenters. The van der Waals surface area contributed by atoms with E-state index < -0.39 is 70.1 Å². The standard InChI is InChI=1S/C46H40N4O13/c1-22-8-12-36(55)31-19-28(53)21-34-40(31)46(44(63)48-34,50-32-6-4-3-5-29(32)42(60)61)38(57)14-10-23(2)7-11-35(54)30-18-27(52)20-33-39(30)45(43(62)47-33,37(56)13-9-22)49-25-15-24(41(58)59)16-26(51)17-25/h3-10,13-21,35-36,49-55H,11-12H2,1-2H3,(H,47,62)(H,48,63)(H,58,59)(H,60,61). The number of allylic oxidation sites excluding steroid dienone is 4. The number of ketones is 2. The van der Waals surface area contributed by atoms with Gasteiger partial charge in [0.15, 0.2) is 11.6 Å². The molecule has 2 amide bonds. The number of carbonyl (C=O) groups excluding carboxylic acids is 4. The van der Waals surface area contributed by atoms with Crippen molar-refractivity contribution in [3.05, 3.63) is 148 Å². The average molecular weight is 857 g/mol. The van der Waals surface area contributed by atoms with E-state index in [1.807, 2.05) is 0 Å². The number of carbonyl (C=O) groups is 6. The number of hydrogen-bond acceptors (Lipinski definition) is 13. The number of amides is 2. The number of carboxylic acid groups (broad SMARTS) is 2. The SMILES string of the molecule is CC1=CCC(O)c2cc(O)cc3c2C(Nc2cc(O)cc(C(=O)O)c2)(C(=O)C=CC(C)=CCC(O)c2cc(O)cc4c2C(Nc2ccccc2C(=O)O)(C(=O)C=C1)C(=O)N4)C(=O)N3. The third-order valence-corrected chi connectivity index (χ3v) is 11.0. The van der Waals surface area contributed by atoms with Gasteiger partial charge in [-0.25, -0.2) is 9.59 Å². The van der Waals surface area contributed by atoms with Gasteiger partial charge in [-0.15, -0.1) is 0 Å². The lowest BCUT2D eigenvalue weighted by Crippen LogP contribution is -2.49. The molecule has 0 saturated carbocycles. The number of carboxylic acids is 2. The summed E-state index contributed by atoms with van der Waals surface area (Å²) >= 11 is 0. The highest BCUT2D eigenvalue weighted by Gasteiger charge is 2.56. The molecular weight excluding hydrogens is 817 g/mol. The number of phenolic OH excluding ortho intramolecular Hbond substituents is 3. The van der Waals surface area contributed by atoms with E-state index >= 15 is 0 Å². The van der Waals surface area contributed by atoms with Crippen LogP contribution in [0.15, 0.2) is 114 Å². The summed E-state index contributed by atoms with van der Waals surface area (Å²) in [7, 11) is 0. The molecule has 0 fully saturated rings. The van der Waals surface area contributed by atoms with E-state index in [4.69, 9.17) is 0 Å². The number of para-hydroxylation sites is 1. The molecule has 0 radical (unpaired) electrons. The number of benzene rings is 4. The van der Waals surface area contributed by atoms with Gasteiger partial charge in [0.25, 0.3) is 11.8 Å². The number of anilines is 4. The van der Waals surface area contributed by atoms with E-state index in [9.17, 15) is 64.5 Å². The quantitative estimate of drug-likeness (QED) is 0.108. The van der Waals surface area contributed by atoms with E-state index in [1.165, 1.54) is 60.7 Å². The molecule has 4 aromatic carbocycles. The van der Waals surface area contributed by atoms with Crippen molar-refractivity contribution in [2.24, 2.45) is 0 Å². The molecule has 2 heterocycles. The number of aliphatic hydroxyl groups excluding tert-OH is 2. The van der Waals surface area contributed by atoms with Crippen LogP contribution in [0.25, 0.3) is 0 Å². The highest BCUT2D eigenvalue weighted by atomic mass is 16.4. The number of aromatic carboxylic acids is 2. The maximum Gasteiger partial charge on any atom is 0.337 e. The Kier molecular flexibility index (Phi) is 11.2. The first-order valence-electron chi connectivity index (χ1n) is 19.3. The molecule has 4 aromatic rings. The highest BCUT2D eigenvalue weighted by molar-refractivity contribution is 6.27. The van der Waals surface area contributed by atoms with Crippen LogP contribution in [0.1, 0.15) is 81.9 Å². The molecule has 4 unspecified atom stereocenters. The Morgan fingerprint density at radius 2 is 1.10 bits per heavy atom. The fourth-order valence-corrected chi connectivity index (χ4v) is 8.00. The Morgan fingerprint density at radius 1 is 0.619 bits per heavy atom. The Hall–Kier alpha value is -8.02. The molecule has 63 heavy (non-hydrogen) atoms.